The van der Waals surface area contributed by atoms with Crippen LogP contribution in [-0.4, -0.2) is 11.9 Å². The summed E-state index contributed by atoms with van der Waals surface area (Å²) in [7, 11) is 0. The fourth-order valence-corrected chi connectivity index (χ4v) is 2.25. The maximum Gasteiger partial charge on any atom is 0.222 e. The van der Waals surface area contributed by atoms with Gasteiger partial charge in [0.25, 0.3) is 0 Å². The molecule has 0 radical (unpaired) electrons. The molecule has 0 bridgehead atoms. The highest BCUT2D eigenvalue weighted by atomic mass is 19.1. The highest BCUT2D eigenvalue weighted by Gasteiger charge is 2.19. The van der Waals surface area contributed by atoms with Gasteiger partial charge in [-0.3, -0.25) is 4.79 Å². The van der Waals surface area contributed by atoms with Crippen LogP contribution < -0.4 is 11.1 Å². The van der Waals surface area contributed by atoms with Crippen LogP contribution in [0.25, 0.3) is 0 Å². The molecule has 0 heterocycles. The van der Waals surface area contributed by atoms with E-state index < -0.39 is 0 Å². The SMILES string of the molecule is CCCC(N)CC(=O)NC(c1ccc(F)cc1)C(C)C. The fourth-order valence-electron chi connectivity index (χ4n) is 2.25. The number of nitrogens with one attached hydrogen (secondary N) is 1. The predicted octanol–water partition coefficient (Wildman–Crippen LogP) is 3.16. The molecule has 2 unspecified atom stereocenters. The van der Waals surface area contributed by atoms with Gasteiger partial charge in [0.2, 0.25) is 5.91 Å². The first kappa shape index (κ1) is 16.6. The van der Waals surface area contributed by atoms with Crippen molar-refractivity contribution < 1.29 is 9.18 Å². The average Bonchev–Trinajstić information content (AvgIpc) is 2.37. The number of hydrogen-bond donors (Lipinski definition) is 2. The van der Waals surface area contributed by atoms with Gasteiger partial charge in [0, 0.05) is 12.5 Å². The van der Waals surface area contributed by atoms with Gasteiger partial charge in [0.1, 0.15) is 5.82 Å². The summed E-state index contributed by atoms with van der Waals surface area (Å²) in [5.41, 5.74) is 6.80. The molecular weight excluding hydrogens is 255 g/mol. The highest BCUT2D eigenvalue weighted by molar-refractivity contribution is 5.77. The summed E-state index contributed by atoms with van der Waals surface area (Å²) in [5, 5.41) is 3.00. The van der Waals surface area contributed by atoms with Crippen LogP contribution in [0.2, 0.25) is 0 Å². The molecule has 1 rings (SSSR count). The van der Waals surface area contributed by atoms with Crippen molar-refractivity contribution in [3.05, 3.63) is 35.6 Å². The molecule has 3 nitrogen and oxygen atoms in total. The molecule has 1 amide bonds. The van der Waals surface area contributed by atoms with Crippen molar-refractivity contribution in [3.63, 3.8) is 0 Å². The van der Waals surface area contributed by atoms with E-state index in [2.05, 4.69) is 5.32 Å². The van der Waals surface area contributed by atoms with Crippen LogP contribution in [0.15, 0.2) is 24.3 Å². The molecule has 1 aromatic carbocycles. The van der Waals surface area contributed by atoms with Crippen LogP contribution in [0.5, 0.6) is 0 Å². The lowest BCUT2D eigenvalue weighted by Crippen LogP contribution is -2.36. The number of hydrogen-bond acceptors (Lipinski definition) is 2. The van der Waals surface area contributed by atoms with Crippen molar-refractivity contribution in [1.82, 2.24) is 5.32 Å². The molecule has 1 aromatic rings. The summed E-state index contributed by atoms with van der Waals surface area (Å²) in [6.07, 6.45) is 2.15. The van der Waals surface area contributed by atoms with Gasteiger partial charge in [-0.2, -0.15) is 0 Å². The molecule has 4 heteroatoms. The Bertz CT molecular complexity index is 417. The van der Waals surface area contributed by atoms with Crippen molar-refractivity contribution in [2.45, 2.75) is 52.1 Å². The minimum Gasteiger partial charge on any atom is -0.349 e. The van der Waals surface area contributed by atoms with Gasteiger partial charge in [-0.15, -0.1) is 0 Å². The summed E-state index contributed by atoms with van der Waals surface area (Å²) < 4.78 is 13.0. The van der Waals surface area contributed by atoms with Gasteiger partial charge in [-0.25, -0.2) is 4.39 Å². The van der Waals surface area contributed by atoms with E-state index in [0.717, 1.165) is 18.4 Å². The van der Waals surface area contributed by atoms with Crippen LogP contribution in [-0.2, 0) is 4.79 Å². The lowest BCUT2D eigenvalue weighted by Gasteiger charge is -2.23. The summed E-state index contributed by atoms with van der Waals surface area (Å²) in [5.74, 6) is -0.0895. The third-order valence-corrected chi connectivity index (χ3v) is 3.32. The number of nitrogens with two attached hydrogens (primary N) is 1. The van der Waals surface area contributed by atoms with Crippen molar-refractivity contribution in [2.75, 3.05) is 0 Å². The number of carbonyl (C=O) groups is 1. The Labute approximate surface area is 120 Å². The minimum absolute atomic E-state index is 0.0472. The molecule has 3 N–H and O–H groups in total. The first-order valence-electron chi connectivity index (χ1n) is 7.24. The van der Waals surface area contributed by atoms with Gasteiger partial charge in [-0.1, -0.05) is 39.3 Å². The quantitative estimate of drug-likeness (QED) is 0.806. The second-order valence-corrected chi connectivity index (χ2v) is 5.59. The third-order valence-electron chi connectivity index (χ3n) is 3.32. The van der Waals surface area contributed by atoms with Crippen molar-refractivity contribution in [1.29, 1.82) is 0 Å². The highest BCUT2D eigenvalue weighted by Crippen LogP contribution is 2.22. The molecule has 0 spiro atoms. The Kier molecular flexibility index (Phi) is 6.65. The maximum atomic E-state index is 13.0. The van der Waals surface area contributed by atoms with E-state index in [9.17, 15) is 9.18 Å². The summed E-state index contributed by atoms with van der Waals surface area (Å²) in [4.78, 5) is 12.0. The van der Waals surface area contributed by atoms with Gasteiger partial charge in [0.05, 0.1) is 6.04 Å². The zero-order valence-corrected chi connectivity index (χ0v) is 12.5. The normalized spacial score (nSPS) is 14.1. The third kappa shape index (κ3) is 5.29. The largest absolute Gasteiger partial charge is 0.349 e. The molecule has 112 valence electrons. The van der Waals surface area contributed by atoms with Gasteiger partial charge in [-0.05, 0) is 30.0 Å². The van der Waals surface area contributed by atoms with E-state index in [1.165, 1.54) is 12.1 Å². The second kappa shape index (κ2) is 8.00. The maximum absolute atomic E-state index is 13.0. The predicted molar refractivity (Wildman–Crippen MR) is 79.6 cm³/mol. The van der Waals surface area contributed by atoms with Crippen LogP contribution in [0.1, 0.15) is 51.6 Å². The Hall–Kier alpha value is -1.42. The molecule has 0 saturated heterocycles. The van der Waals surface area contributed by atoms with Crippen molar-refractivity contribution in [3.8, 4) is 0 Å². The van der Waals surface area contributed by atoms with E-state index in [4.69, 9.17) is 5.73 Å². The molecular formula is C16H25FN2O. The fraction of sp³-hybridized carbons (Fsp3) is 0.562. The first-order chi connectivity index (χ1) is 9.43. The Morgan fingerprint density at radius 1 is 1.30 bits per heavy atom. The van der Waals surface area contributed by atoms with Crippen LogP contribution in [0.3, 0.4) is 0 Å². The van der Waals surface area contributed by atoms with E-state index in [0.29, 0.717) is 6.42 Å². The monoisotopic (exact) mass is 280 g/mol. The van der Waals surface area contributed by atoms with E-state index >= 15 is 0 Å². The topological polar surface area (TPSA) is 55.1 Å². The number of carbonyl (C=O) groups excluding carboxylic acids is 1. The van der Waals surface area contributed by atoms with Crippen LogP contribution in [0, 0.1) is 11.7 Å². The zero-order valence-electron chi connectivity index (χ0n) is 12.5. The summed E-state index contributed by atoms with van der Waals surface area (Å²) in [6, 6.07) is 6.05. The smallest absolute Gasteiger partial charge is 0.222 e. The standard InChI is InChI=1S/C16H25FN2O/c1-4-5-14(18)10-15(20)19-16(11(2)3)12-6-8-13(17)9-7-12/h6-9,11,14,16H,4-5,10,18H2,1-3H3,(H,19,20). The lowest BCUT2D eigenvalue weighted by atomic mass is 9.95. The molecule has 0 aliphatic carbocycles. The molecule has 20 heavy (non-hydrogen) atoms. The van der Waals surface area contributed by atoms with Gasteiger partial charge < -0.3 is 11.1 Å². The van der Waals surface area contributed by atoms with Crippen molar-refractivity contribution >= 4 is 5.91 Å². The summed E-state index contributed by atoms with van der Waals surface area (Å²) in [6.45, 7) is 6.10. The summed E-state index contributed by atoms with van der Waals surface area (Å²) >= 11 is 0. The Morgan fingerprint density at radius 2 is 1.90 bits per heavy atom. The molecule has 2 atom stereocenters. The number of amides is 1. The number of benzene rings is 1. The molecule has 0 fully saturated rings. The molecule has 0 aliphatic rings. The molecule has 0 saturated carbocycles. The van der Waals surface area contributed by atoms with E-state index in [-0.39, 0.29) is 29.7 Å². The molecule has 0 aromatic heterocycles. The second-order valence-electron chi connectivity index (χ2n) is 5.59. The van der Waals surface area contributed by atoms with Gasteiger partial charge >= 0.3 is 0 Å². The lowest BCUT2D eigenvalue weighted by molar-refractivity contribution is -0.122. The number of rotatable bonds is 7. The van der Waals surface area contributed by atoms with Gasteiger partial charge in [0.15, 0.2) is 0 Å². The first-order valence-corrected chi connectivity index (χ1v) is 7.24. The van der Waals surface area contributed by atoms with Crippen molar-refractivity contribution in [2.24, 2.45) is 11.7 Å². The van der Waals surface area contributed by atoms with E-state index in [1.54, 1.807) is 12.1 Å². The minimum atomic E-state index is -0.271. The molecule has 0 aliphatic heterocycles. The Morgan fingerprint density at radius 3 is 2.40 bits per heavy atom. The van der Waals surface area contributed by atoms with Crippen LogP contribution >= 0.6 is 0 Å². The average molecular weight is 280 g/mol. The van der Waals surface area contributed by atoms with E-state index in [1.807, 2.05) is 20.8 Å². The number of halogens is 1. The Balaban J connectivity index is 2.68. The zero-order chi connectivity index (χ0) is 15.1. The van der Waals surface area contributed by atoms with Crippen LogP contribution in [0.4, 0.5) is 4.39 Å².